The normalized spacial score (nSPS) is 20.2. The number of Topliss-reactive ketones (excluding diaryl/α,β-unsaturated/α-hetero) is 2. The summed E-state index contributed by atoms with van der Waals surface area (Å²) in [6.45, 7) is 3.08. The summed E-state index contributed by atoms with van der Waals surface area (Å²) < 4.78 is 40.5. The molecule has 10 rings (SSSR count). The molecule has 17 nitrogen and oxygen atoms in total. The molecule has 7 heterocycles. The number of nitrogens with zero attached hydrogens (tertiary/aromatic N) is 10. The molecule has 2 aromatic carbocycles. The highest BCUT2D eigenvalue weighted by molar-refractivity contribution is 6.08. The summed E-state index contributed by atoms with van der Waals surface area (Å²) in [6, 6.07) is 14.4. The summed E-state index contributed by atoms with van der Waals surface area (Å²) in [5, 5.41) is 11.2. The van der Waals surface area contributed by atoms with Crippen molar-refractivity contribution in [2.75, 3.05) is 55.0 Å². The van der Waals surface area contributed by atoms with Gasteiger partial charge in [0.25, 0.3) is 18.2 Å². The zero-order chi connectivity index (χ0) is 45.1. The Labute approximate surface area is 371 Å². The molecule has 6 aromatic rings. The number of anilines is 3. The number of para-hydroxylation sites is 1. The van der Waals surface area contributed by atoms with Crippen LogP contribution in [0.25, 0.3) is 16.7 Å². The second kappa shape index (κ2) is 17.0. The van der Waals surface area contributed by atoms with Gasteiger partial charge in [-0.1, -0.05) is 12.1 Å². The van der Waals surface area contributed by atoms with Crippen LogP contribution >= 0.6 is 0 Å². The molecule has 3 aliphatic heterocycles. The maximum absolute atomic E-state index is 14.3. The molecule has 2 bridgehead atoms. The highest BCUT2D eigenvalue weighted by atomic mass is 19.3. The van der Waals surface area contributed by atoms with Gasteiger partial charge in [-0.05, 0) is 80.5 Å². The molecular weight excluding hydrogens is 841 g/mol. The number of ether oxygens (including phenoxy) is 1. The number of piperidine rings is 1. The van der Waals surface area contributed by atoms with Gasteiger partial charge in [0.2, 0.25) is 0 Å². The lowest BCUT2D eigenvalue weighted by atomic mass is 9.92. The predicted molar refractivity (Wildman–Crippen MR) is 236 cm³/mol. The number of amides is 2. The number of hydrogen-bond acceptors (Lipinski definition) is 11. The van der Waals surface area contributed by atoms with Crippen molar-refractivity contribution in [3.63, 3.8) is 0 Å². The molecule has 3 atom stereocenters. The van der Waals surface area contributed by atoms with Crippen LogP contribution in [0.5, 0.6) is 0 Å². The number of ketones is 2. The molecule has 4 aromatic heterocycles. The number of aryl methyl sites for hydroxylation is 2. The first kappa shape index (κ1) is 42.2. The van der Waals surface area contributed by atoms with Crippen LogP contribution in [0.4, 0.5) is 26.0 Å². The van der Waals surface area contributed by atoms with E-state index in [0.717, 1.165) is 29.7 Å². The molecule has 1 aliphatic carbocycles. The number of aromatic nitrogens is 7. The average Bonchev–Trinajstić information content (AvgIpc) is 4.16. The predicted octanol–water partition coefficient (Wildman–Crippen LogP) is 5.16. The Bertz CT molecular complexity index is 2900. The van der Waals surface area contributed by atoms with Crippen LogP contribution in [0.2, 0.25) is 0 Å². The van der Waals surface area contributed by atoms with Crippen molar-refractivity contribution in [1.29, 1.82) is 0 Å². The molecule has 1 N–H and O–H groups in total. The Morgan fingerprint density at radius 1 is 1.02 bits per heavy atom. The van der Waals surface area contributed by atoms with E-state index >= 15 is 0 Å². The van der Waals surface area contributed by atoms with Crippen molar-refractivity contribution in [2.24, 2.45) is 7.05 Å². The zero-order valence-corrected chi connectivity index (χ0v) is 36.1. The van der Waals surface area contributed by atoms with Gasteiger partial charge >= 0.3 is 5.69 Å². The van der Waals surface area contributed by atoms with Gasteiger partial charge in [-0.25, -0.2) is 23.1 Å². The number of fused-ring (bicyclic) bond motifs is 4. The van der Waals surface area contributed by atoms with E-state index in [2.05, 4.69) is 25.3 Å². The van der Waals surface area contributed by atoms with E-state index in [1.54, 1.807) is 29.8 Å². The van der Waals surface area contributed by atoms with Crippen LogP contribution in [0.1, 0.15) is 95.4 Å². The van der Waals surface area contributed by atoms with Gasteiger partial charge in [0, 0.05) is 70.3 Å². The zero-order valence-electron chi connectivity index (χ0n) is 36.1. The lowest BCUT2D eigenvalue weighted by Gasteiger charge is -2.33. The standard InChI is InChI=1S/C46H49F2N11O6/c1-53(17-4-6-27-5-3-7-37-41(27)54(2)46(64)59(37)36-13-12-32(60)22-38(36)61)45(63)28-8-10-29(11-9-28)55-18-14-30(15-19-55)58-25-35(40(52-58)42(47)48)50-44(62)34-23-49-57-20-16-39(51-43(34)57)56-24-33-21-31(56)26-65-33/h3,5,7-11,16,20,23,25,30-31,33,36,42H,4,6,12-15,17-19,21-22,24,26H2,1-2H3,(H,50,62)/t31-,33-,36?/m1/s1. The third-order valence-electron chi connectivity index (χ3n) is 13.6. The van der Waals surface area contributed by atoms with Crippen molar-refractivity contribution in [3.8, 4) is 0 Å². The Kier molecular flexibility index (Phi) is 11.0. The summed E-state index contributed by atoms with van der Waals surface area (Å²) in [7, 11) is 3.46. The molecule has 2 amide bonds. The van der Waals surface area contributed by atoms with Gasteiger partial charge < -0.3 is 24.8 Å². The molecule has 65 heavy (non-hydrogen) atoms. The fourth-order valence-electron chi connectivity index (χ4n) is 10.1. The van der Waals surface area contributed by atoms with Gasteiger partial charge in [0.15, 0.2) is 17.1 Å². The first-order valence-electron chi connectivity index (χ1n) is 22.2. The van der Waals surface area contributed by atoms with Crippen molar-refractivity contribution >= 4 is 57.3 Å². The van der Waals surface area contributed by atoms with Crippen LogP contribution < -0.4 is 20.8 Å². The Hall–Kier alpha value is -6.76. The number of carbonyl (C=O) groups is 4. The van der Waals surface area contributed by atoms with Crippen LogP contribution in [0, 0.1) is 0 Å². The number of halogens is 2. The number of hydrogen-bond donors (Lipinski definition) is 1. The molecule has 0 spiro atoms. The number of rotatable bonds is 12. The molecule has 3 saturated heterocycles. The lowest BCUT2D eigenvalue weighted by Crippen LogP contribution is -2.37. The molecule has 338 valence electrons. The SMILES string of the molecule is CN(CCCc1cccc2c1n(C)c(=O)n2C1CCC(=O)CC1=O)C(=O)c1ccc(N2CCC(n3cc(NC(=O)c4cnn5ccc(N6C[C@H]7C[C@@H]6CO7)nc45)c(C(F)F)n3)CC2)cc1. The smallest absolute Gasteiger partial charge is 0.329 e. The van der Waals surface area contributed by atoms with Crippen molar-refractivity contribution in [2.45, 2.75) is 82.0 Å². The van der Waals surface area contributed by atoms with E-state index in [-0.39, 0.29) is 65.4 Å². The van der Waals surface area contributed by atoms with E-state index in [1.807, 2.05) is 48.5 Å². The van der Waals surface area contributed by atoms with E-state index in [0.29, 0.717) is 80.9 Å². The van der Waals surface area contributed by atoms with Gasteiger partial charge in [0.1, 0.15) is 17.2 Å². The topological polar surface area (TPSA) is 174 Å². The summed E-state index contributed by atoms with van der Waals surface area (Å²) >= 11 is 0. The Balaban J connectivity index is 0.739. The van der Waals surface area contributed by atoms with Crippen LogP contribution in [-0.2, 0) is 27.8 Å². The van der Waals surface area contributed by atoms with E-state index < -0.39 is 24.1 Å². The Morgan fingerprint density at radius 3 is 2.54 bits per heavy atom. The first-order valence-corrected chi connectivity index (χ1v) is 22.2. The molecule has 19 heteroatoms. The summed E-state index contributed by atoms with van der Waals surface area (Å²) in [4.78, 5) is 75.8. The number of carbonyl (C=O) groups excluding carboxylic acids is 4. The highest BCUT2D eigenvalue weighted by Crippen LogP contribution is 2.34. The number of nitrogens with one attached hydrogen (secondary N) is 1. The largest absolute Gasteiger partial charge is 0.374 e. The van der Waals surface area contributed by atoms with E-state index in [4.69, 9.17) is 9.72 Å². The number of imidazole rings is 1. The fraction of sp³-hybridized carbons (Fsp3) is 0.435. The summed E-state index contributed by atoms with van der Waals surface area (Å²) in [6.07, 6.45) is 5.72. The minimum atomic E-state index is -2.91. The average molecular weight is 890 g/mol. The third-order valence-corrected chi connectivity index (χ3v) is 13.6. The number of benzene rings is 2. The Morgan fingerprint density at radius 2 is 1.82 bits per heavy atom. The second-order valence-electron chi connectivity index (χ2n) is 17.6. The number of alkyl halides is 2. The third kappa shape index (κ3) is 7.84. The first-order chi connectivity index (χ1) is 31.4. The van der Waals surface area contributed by atoms with Crippen molar-refractivity contribution in [1.82, 2.24) is 38.4 Å². The van der Waals surface area contributed by atoms with Crippen LogP contribution in [0.3, 0.4) is 0 Å². The number of morpholine rings is 1. The van der Waals surface area contributed by atoms with Crippen LogP contribution in [0.15, 0.2) is 71.9 Å². The lowest BCUT2D eigenvalue weighted by molar-refractivity contribution is -0.132. The maximum Gasteiger partial charge on any atom is 0.329 e. The fourth-order valence-corrected chi connectivity index (χ4v) is 10.1. The molecular formula is C46H49F2N11O6. The molecule has 4 aliphatic rings. The summed E-state index contributed by atoms with van der Waals surface area (Å²) in [5.41, 5.74) is 3.48. The second-order valence-corrected chi connectivity index (χ2v) is 17.6. The van der Waals surface area contributed by atoms with E-state index in [1.165, 1.54) is 26.2 Å². The van der Waals surface area contributed by atoms with Crippen molar-refractivity contribution < 1.29 is 32.7 Å². The summed E-state index contributed by atoms with van der Waals surface area (Å²) in [5.74, 6) is -0.346. The molecule has 4 fully saturated rings. The highest BCUT2D eigenvalue weighted by Gasteiger charge is 2.40. The van der Waals surface area contributed by atoms with E-state index in [9.17, 15) is 32.8 Å². The van der Waals surface area contributed by atoms with Gasteiger partial charge in [-0.3, -0.25) is 33.0 Å². The minimum absolute atomic E-state index is 0.0600. The van der Waals surface area contributed by atoms with Crippen LogP contribution in [-0.4, -0.2) is 114 Å². The molecule has 1 saturated carbocycles. The maximum atomic E-state index is 14.3. The monoisotopic (exact) mass is 889 g/mol. The van der Waals surface area contributed by atoms with Crippen molar-refractivity contribution in [3.05, 3.63) is 100.0 Å². The minimum Gasteiger partial charge on any atom is -0.374 e. The molecule has 1 unspecified atom stereocenters. The van der Waals surface area contributed by atoms with Gasteiger partial charge in [-0.15, -0.1) is 0 Å². The van der Waals surface area contributed by atoms with Gasteiger partial charge in [-0.2, -0.15) is 10.2 Å². The van der Waals surface area contributed by atoms with Gasteiger partial charge in [0.05, 0.1) is 60.2 Å². The quantitative estimate of drug-likeness (QED) is 0.161. The molecule has 0 radical (unpaired) electrons.